The van der Waals surface area contributed by atoms with Crippen molar-refractivity contribution in [3.63, 3.8) is 0 Å². The van der Waals surface area contributed by atoms with Gasteiger partial charge in [-0.15, -0.1) is 0 Å². The van der Waals surface area contributed by atoms with Crippen molar-refractivity contribution in [1.29, 1.82) is 0 Å². The molecule has 0 radical (unpaired) electrons. The summed E-state index contributed by atoms with van der Waals surface area (Å²) >= 11 is 0. The summed E-state index contributed by atoms with van der Waals surface area (Å²) in [6.07, 6.45) is 1.72. The van der Waals surface area contributed by atoms with Crippen LogP contribution in [0.3, 0.4) is 0 Å². The van der Waals surface area contributed by atoms with Crippen LogP contribution in [-0.4, -0.2) is 29.1 Å². The van der Waals surface area contributed by atoms with Crippen molar-refractivity contribution in [3.8, 4) is 16.9 Å². The number of carboxylic acid groups (broad SMARTS) is 1. The number of benzene rings is 2. The van der Waals surface area contributed by atoms with Crippen molar-refractivity contribution in [2.75, 3.05) is 12.4 Å². The molecule has 1 aromatic heterocycles. The molecular formula is C26H26N2O4. The van der Waals surface area contributed by atoms with Gasteiger partial charge < -0.3 is 20.1 Å². The number of aromatic amines is 1. The van der Waals surface area contributed by atoms with Gasteiger partial charge in [0.15, 0.2) is 0 Å². The fourth-order valence-corrected chi connectivity index (χ4v) is 4.19. The highest BCUT2D eigenvalue weighted by atomic mass is 16.5. The monoisotopic (exact) mass is 430 g/mol. The fourth-order valence-electron chi connectivity index (χ4n) is 4.19. The summed E-state index contributed by atoms with van der Waals surface area (Å²) in [5.41, 5.74) is 7.11. The van der Waals surface area contributed by atoms with Crippen molar-refractivity contribution in [2.45, 2.75) is 33.6 Å². The molecule has 32 heavy (non-hydrogen) atoms. The van der Waals surface area contributed by atoms with Crippen LogP contribution in [0.2, 0.25) is 0 Å². The van der Waals surface area contributed by atoms with Crippen LogP contribution >= 0.6 is 0 Å². The Morgan fingerprint density at radius 1 is 1.09 bits per heavy atom. The SMILES string of the molecule is COc1cc(C(C)C)ccc1-c1ccc2c(c1)NC(=O)C2=Cc1[nH]c(C)c(C(=O)O)c1C. The molecule has 6 heteroatoms. The van der Waals surface area contributed by atoms with Gasteiger partial charge >= 0.3 is 5.97 Å². The number of anilines is 1. The van der Waals surface area contributed by atoms with E-state index < -0.39 is 5.97 Å². The number of rotatable bonds is 5. The Morgan fingerprint density at radius 3 is 2.44 bits per heavy atom. The highest BCUT2D eigenvalue weighted by molar-refractivity contribution is 6.35. The van der Waals surface area contributed by atoms with Gasteiger partial charge in [-0.25, -0.2) is 4.79 Å². The maximum atomic E-state index is 12.7. The molecule has 3 N–H and O–H groups in total. The summed E-state index contributed by atoms with van der Waals surface area (Å²) < 4.78 is 5.63. The average Bonchev–Trinajstić information content (AvgIpc) is 3.21. The maximum absolute atomic E-state index is 12.7. The Hall–Kier alpha value is -3.80. The van der Waals surface area contributed by atoms with Crippen LogP contribution < -0.4 is 10.1 Å². The molecule has 164 valence electrons. The molecule has 0 saturated carbocycles. The first kappa shape index (κ1) is 21.4. The van der Waals surface area contributed by atoms with Crippen LogP contribution in [0.4, 0.5) is 5.69 Å². The predicted molar refractivity (Wildman–Crippen MR) is 126 cm³/mol. The molecule has 1 aliphatic heterocycles. The van der Waals surface area contributed by atoms with E-state index >= 15 is 0 Å². The van der Waals surface area contributed by atoms with Crippen LogP contribution in [-0.2, 0) is 4.79 Å². The van der Waals surface area contributed by atoms with Crippen LogP contribution in [0.5, 0.6) is 5.75 Å². The lowest BCUT2D eigenvalue weighted by Crippen LogP contribution is -2.03. The Labute approximate surface area is 186 Å². The van der Waals surface area contributed by atoms with Gasteiger partial charge in [0.25, 0.3) is 5.91 Å². The average molecular weight is 431 g/mol. The third-order valence-electron chi connectivity index (χ3n) is 5.98. The third-order valence-corrected chi connectivity index (χ3v) is 5.98. The molecule has 4 rings (SSSR count). The summed E-state index contributed by atoms with van der Waals surface area (Å²) in [5, 5.41) is 12.4. The van der Waals surface area contributed by atoms with Gasteiger partial charge in [-0.1, -0.05) is 38.1 Å². The molecule has 0 spiro atoms. The number of hydrogen-bond donors (Lipinski definition) is 3. The van der Waals surface area contributed by atoms with Gasteiger partial charge in [-0.05, 0) is 54.7 Å². The summed E-state index contributed by atoms with van der Waals surface area (Å²) in [6.45, 7) is 7.73. The molecule has 1 aliphatic rings. The second-order valence-electron chi connectivity index (χ2n) is 8.36. The molecule has 6 nitrogen and oxygen atoms in total. The van der Waals surface area contributed by atoms with Crippen LogP contribution in [0.1, 0.15) is 58.2 Å². The number of aryl methyl sites for hydroxylation is 1. The molecular weight excluding hydrogens is 404 g/mol. The minimum atomic E-state index is -0.987. The maximum Gasteiger partial charge on any atom is 0.337 e. The van der Waals surface area contributed by atoms with Crippen LogP contribution in [0.25, 0.3) is 22.8 Å². The lowest BCUT2D eigenvalue weighted by atomic mass is 9.96. The highest BCUT2D eigenvalue weighted by Crippen LogP contribution is 2.39. The van der Waals surface area contributed by atoms with E-state index in [1.807, 2.05) is 30.3 Å². The Morgan fingerprint density at radius 2 is 1.81 bits per heavy atom. The van der Waals surface area contributed by atoms with E-state index in [1.54, 1.807) is 27.0 Å². The van der Waals surface area contributed by atoms with E-state index in [9.17, 15) is 14.7 Å². The van der Waals surface area contributed by atoms with E-state index in [0.717, 1.165) is 22.4 Å². The topological polar surface area (TPSA) is 91.4 Å². The van der Waals surface area contributed by atoms with E-state index in [2.05, 4.69) is 30.2 Å². The number of aromatic nitrogens is 1. The Balaban J connectivity index is 1.76. The van der Waals surface area contributed by atoms with Gasteiger partial charge in [-0.2, -0.15) is 0 Å². The first-order valence-corrected chi connectivity index (χ1v) is 10.5. The molecule has 0 bridgehead atoms. The number of carbonyl (C=O) groups is 2. The fraction of sp³-hybridized carbons (Fsp3) is 0.231. The lowest BCUT2D eigenvalue weighted by molar-refractivity contribution is -0.110. The molecule has 2 heterocycles. The molecule has 3 aromatic rings. The van der Waals surface area contributed by atoms with Crippen molar-refractivity contribution in [2.24, 2.45) is 0 Å². The smallest absolute Gasteiger partial charge is 0.337 e. The second-order valence-corrected chi connectivity index (χ2v) is 8.36. The number of carboxylic acids is 1. The summed E-state index contributed by atoms with van der Waals surface area (Å²) in [5.74, 6) is -0.0244. The Kier molecular flexibility index (Phi) is 5.38. The predicted octanol–water partition coefficient (Wildman–Crippen LogP) is 5.62. The van der Waals surface area contributed by atoms with E-state index in [1.165, 1.54) is 5.56 Å². The summed E-state index contributed by atoms with van der Waals surface area (Å²) in [6, 6.07) is 12.0. The molecule has 1 amide bonds. The molecule has 0 atom stereocenters. The third kappa shape index (κ3) is 3.58. The summed E-state index contributed by atoms with van der Waals surface area (Å²) in [7, 11) is 1.66. The van der Waals surface area contributed by atoms with Crippen molar-refractivity contribution < 1.29 is 19.4 Å². The van der Waals surface area contributed by atoms with Gasteiger partial charge in [0.2, 0.25) is 0 Å². The number of amides is 1. The molecule has 0 fully saturated rings. The number of methoxy groups -OCH3 is 1. The first-order valence-electron chi connectivity index (χ1n) is 10.5. The molecule has 0 unspecified atom stereocenters. The number of fused-ring (bicyclic) bond motifs is 1. The highest BCUT2D eigenvalue weighted by Gasteiger charge is 2.26. The van der Waals surface area contributed by atoms with Crippen molar-refractivity contribution >= 4 is 29.2 Å². The molecule has 2 aromatic carbocycles. The summed E-state index contributed by atoms with van der Waals surface area (Å²) in [4.78, 5) is 27.3. The van der Waals surface area contributed by atoms with E-state index in [-0.39, 0.29) is 11.5 Å². The number of carbonyl (C=O) groups excluding carboxylic acids is 1. The van der Waals surface area contributed by atoms with E-state index in [0.29, 0.717) is 34.1 Å². The van der Waals surface area contributed by atoms with Gasteiger partial charge in [-0.3, -0.25) is 4.79 Å². The van der Waals surface area contributed by atoms with Crippen LogP contribution in [0.15, 0.2) is 36.4 Å². The molecule has 0 aliphatic carbocycles. The zero-order valence-electron chi connectivity index (χ0n) is 18.8. The number of nitrogens with one attached hydrogen (secondary N) is 2. The minimum Gasteiger partial charge on any atom is -0.496 e. The number of H-pyrrole nitrogens is 1. The Bertz CT molecular complexity index is 1280. The number of ether oxygens (including phenoxy) is 1. The van der Waals surface area contributed by atoms with Gasteiger partial charge in [0, 0.05) is 28.2 Å². The number of aromatic carboxylic acids is 1. The normalized spacial score (nSPS) is 14.1. The van der Waals surface area contributed by atoms with Crippen LogP contribution in [0, 0.1) is 13.8 Å². The lowest BCUT2D eigenvalue weighted by Gasteiger charge is -2.13. The van der Waals surface area contributed by atoms with Gasteiger partial charge in [0.05, 0.1) is 18.2 Å². The molecule has 0 saturated heterocycles. The second kappa shape index (κ2) is 8.04. The zero-order chi connectivity index (χ0) is 23.2. The number of hydrogen-bond acceptors (Lipinski definition) is 3. The van der Waals surface area contributed by atoms with Gasteiger partial charge in [0.1, 0.15) is 5.75 Å². The standard InChI is InChI=1S/C26H26N2O4/c1-13(2)16-6-8-18(23(11-16)32-5)17-7-9-19-20(25(29)28-22(19)10-17)12-21-14(3)24(26(30)31)15(4)27-21/h6-13,27H,1-5H3,(H,28,29)(H,30,31). The quantitative estimate of drug-likeness (QED) is 0.458. The largest absolute Gasteiger partial charge is 0.496 e. The minimum absolute atomic E-state index is 0.220. The van der Waals surface area contributed by atoms with E-state index in [4.69, 9.17) is 4.74 Å². The van der Waals surface area contributed by atoms with Crippen molar-refractivity contribution in [3.05, 3.63) is 70.0 Å². The van der Waals surface area contributed by atoms with Crippen molar-refractivity contribution in [1.82, 2.24) is 4.98 Å². The first-order chi connectivity index (χ1) is 15.2. The zero-order valence-corrected chi connectivity index (χ0v) is 18.8.